The topological polar surface area (TPSA) is 59.9 Å². The maximum atomic E-state index is 13.8. The number of hydrogen-bond donors (Lipinski definition) is 1. The van der Waals surface area contributed by atoms with Crippen molar-refractivity contribution in [1.82, 2.24) is 15.0 Å². The lowest BCUT2D eigenvalue weighted by molar-refractivity contribution is 0.420. The molecule has 0 aliphatic carbocycles. The lowest BCUT2D eigenvalue weighted by Crippen LogP contribution is -2.01. The number of methoxy groups -OCH3 is 1. The first kappa shape index (κ1) is 17.8. The summed E-state index contributed by atoms with van der Waals surface area (Å²) in [7, 11) is 3.29. The first-order chi connectivity index (χ1) is 13.6. The van der Waals surface area contributed by atoms with Crippen LogP contribution >= 0.6 is 0 Å². The van der Waals surface area contributed by atoms with E-state index >= 15 is 0 Å². The Balaban J connectivity index is 2.00. The average Bonchev–Trinajstić information content (AvgIpc) is 2.74. The second-order valence-electron chi connectivity index (χ2n) is 6.06. The van der Waals surface area contributed by atoms with Crippen LogP contribution in [0.25, 0.3) is 33.4 Å². The number of hydrogen-bond acceptors (Lipinski definition) is 5. The molecule has 4 aromatic rings. The molecule has 5 nitrogen and oxygen atoms in total. The van der Waals surface area contributed by atoms with Crippen LogP contribution in [0.1, 0.15) is 0 Å². The van der Waals surface area contributed by atoms with Crippen molar-refractivity contribution in [1.29, 1.82) is 0 Å². The Bertz CT molecular complexity index is 1170. The molecule has 2 aromatic carbocycles. The molecule has 0 spiro atoms. The third kappa shape index (κ3) is 3.00. The highest BCUT2D eigenvalue weighted by atomic mass is 19.2. The van der Waals surface area contributed by atoms with E-state index in [0.29, 0.717) is 34.0 Å². The molecule has 0 amide bonds. The summed E-state index contributed by atoms with van der Waals surface area (Å²) >= 11 is 0. The van der Waals surface area contributed by atoms with E-state index in [-0.39, 0.29) is 0 Å². The van der Waals surface area contributed by atoms with Crippen LogP contribution in [0.4, 0.5) is 14.6 Å². The average molecular weight is 378 g/mol. The Morgan fingerprint density at radius 3 is 2.50 bits per heavy atom. The van der Waals surface area contributed by atoms with Gasteiger partial charge in [-0.1, -0.05) is 6.07 Å². The number of ether oxygens (including phenoxy) is 1. The summed E-state index contributed by atoms with van der Waals surface area (Å²) in [5.74, 6) is -0.270. The Labute approximate surface area is 160 Å². The summed E-state index contributed by atoms with van der Waals surface area (Å²) in [6.45, 7) is 0. The van der Waals surface area contributed by atoms with Gasteiger partial charge in [-0.25, -0.2) is 18.7 Å². The number of pyridine rings is 1. The fraction of sp³-hybridized carbons (Fsp3) is 0.0952. The minimum atomic E-state index is -0.922. The van der Waals surface area contributed by atoms with Crippen LogP contribution in [0.2, 0.25) is 0 Å². The molecule has 0 radical (unpaired) electrons. The highest BCUT2D eigenvalue weighted by Gasteiger charge is 2.17. The van der Waals surface area contributed by atoms with E-state index < -0.39 is 11.6 Å². The smallest absolute Gasteiger partial charge is 0.163 e. The van der Waals surface area contributed by atoms with Crippen LogP contribution in [0.15, 0.2) is 54.9 Å². The molecule has 0 unspecified atom stereocenters. The summed E-state index contributed by atoms with van der Waals surface area (Å²) in [5.41, 5.74) is 2.40. The van der Waals surface area contributed by atoms with Crippen molar-refractivity contribution in [3.05, 3.63) is 66.5 Å². The molecule has 140 valence electrons. The number of fused-ring (bicyclic) bond motifs is 1. The summed E-state index contributed by atoms with van der Waals surface area (Å²) in [6, 6.07) is 11.0. The van der Waals surface area contributed by atoms with Crippen molar-refractivity contribution in [2.45, 2.75) is 0 Å². The van der Waals surface area contributed by atoms with Gasteiger partial charge in [0.1, 0.15) is 11.3 Å². The normalized spacial score (nSPS) is 10.9. The van der Waals surface area contributed by atoms with Gasteiger partial charge >= 0.3 is 0 Å². The van der Waals surface area contributed by atoms with E-state index in [4.69, 9.17) is 4.74 Å². The number of aromatic nitrogens is 3. The van der Waals surface area contributed by atoms with Gasteiger partial charge in [-0.05, 0) is 42.0 Å². The van der Waals surface area contributed by atoms with Crippen LogP contribution in [0, 0.1) is 11.6 Å². The molecule has 4 rings (SSSR count). The molecular formula is C21H16F2N4O. The molecule has 0 aliphatic rings. The lowest BCUT2D eigenvalue weighted by Gasteiger charge is -2.15. The second-order valence-corrected chi connectivity index (χ2v) is 6.06. The quantitative estimate of drug-likeness (QED) is 0.558. The van der Waals surface area contributed by atoms with Crippen LogP contribution in [-0.4, -0.2) is 29.1 Å². The van der Waals surface area contributed by atoms with E-state index in [9.17, 15) is 8.78 Å². The van der Waals surface area contributed by atoms with Gasteiger partial charge in [0.25, 0.3) is 0 Å². The van der Waals surface area contributed by atoms with Gasteiger partial charge in [0.05, 0.1) is 7.11 Å². The van der Waals surface area contributed by atoms with Crippen molar-refractivity contribution in [3.63, 3.8) is 0 Å². The number of anilines is 1. The Kier molecular flexibility index (Phi) is 4.57. The molecule has 0 saturated heterocycles. The van der Waals surface area contributed by atoms with Crippen LogP contribution in [0.3, 0.4) is 0 Å². The predicted octanol–water partition coefficient (Wildman–Crippen LogP) is 4.69. The number of rotatable bonds is 4. The number of benzene rings is 2. The van der Waals surface area contributed by atoms with Crippen LogP contribution in [0.5, 0.6) is 5.75 Å². The zero-order valence-electron chi connectivity index (χ0n) is 15.2. The van der Waals surface area contributed by atoms with Gasteiger partial charge in [0, 0.05) is 36.0 Å². The molecule has 1 N–H and O–H groups in total. The van der Waals surface area contributed by atoms with Crippen molar-refractivity contribution in [3.8, 4) is 28.3 Å². The highest BCUT2D eigenvalue weighted by molar-refractivity contribution is 5.99. The summed E-state index contributed by atoms with van der Waals surface area (Å²) in [4.78, 5) is 13.3. The van der Waals surface area contributed by atoms with E-state index in [1.807, 2.05) is 12.1 Å². The Morgan fingerprint density at radius 1 is 0.964 bits per heavy atom. The van der Waals surface area contributed by atoms with Gasteiger partial charge in [0.15, 0.2) is 23.2 Å². The fourth-order valence-electron chi connectivity index (χ4n) is 3.08. The first-order valence-corrected chi connectivity index (χ1v) is 8.54. The van der Waals surface area contributed by atoms with Gasteiger partial charge in [-0.3, -0.25) is 4.98 Å². The van der Waals surface area contributed by atoms with Crippen LogP contribution < -0.4 is 10.1 Å². The minimum absolute atomic E-state index is 0.451. The van der Waals surface area contributed by atoms with E-state index in [2.05, 4.69) is 20.3 Å². The number of nitrogens with one attached hydrogen (secondary N) is 1. The third-order valence-corrected chi connectivity index (χ3v) is 4.41. The van der Waals surface area contributed by atoms with Gasteiger partial charge in [-0.2, -0.15) is 0 Å². The zero-order chi connectivity index (χ0) is 19.7. The number of halogens is 2. The van der Waals surface area contributed by atoms with Crippen molar-refractivity contribution < 1.29 is 13.5 Å². The monoisotopic (exact) mass is 378 g/mol. The second kappa shape index (κ2) is 7.19. The van der Waals surface area contributed by atoms with Gasteiger partial charge in [0.2, 0.25) is 0 Å². The van der Waals surface area contributed by atoms with Crippen molar-refractivity contribution >= 4 is 16.7 Å². The molecule has 0 atom stereocenters. The SMILES string of the molecule is CNc1nc(-c2cccnc2)nc2c(OC)c(-c3ccc(F)c(F)c3)ccc12. The maximum Gasteiger partial charge on any atom is 0.163 e. The molecule has 0 saturated carbocycles. The van der Waals surface area contributed by atoms with E-state index in [1.54, 1.807) is 31.6 Å². The Hall–Kier alpha value is -3.61. The summed E-state index contributed by atoms with van der Waals surface area (Å²) < 4.78 is 32.7. The molecule has 0 fully saturated rings. The molecule has 7 heteroatoms. The zero-order valence-corrected chi connectivity index (χ0v) is 15.2. The Morgan fingerprint density at radius 2 is 1.82 bits per heavy atom. The summed E-state index contributed by atoms with van der Waals surface area (Å²) in [5, 5.41) is 3.82. The first-order valence-electron chi connectivity index (χ1n) is 8.54. The molecule has 28 heavy (non-hydrogen) atoms. The predicted molar refractivity (Wildman–Crippen MR) is 104 cm³/mol. The van der Waals surface area contributed by atoms with E-state index in [0.717, 1.165) is 23.1 Å². The molecule has 0 bridgehead atoms. The van der Waals surface area contributed by atoms with Gasteiger partial charge in [-0.15, -0.1) is 0 Å². The molecular weight excluding hydrogens is 362 g/mol. The van der Waals surface area contributed by atoms with Gasteiger partial charge < -0.3 is 10.1 Å². The summed E-state index contributed by atoms with van der Waals surface area (Å²) in [6.07, 6.45) is 3.34. The lowest BCUT2D eigenvalue weighted by atomic mass is 10.0. The van der Waals surface area contributed by atoms with Crippen molar-refractivity contribution in [2.75, 3.05) is 19.5 Å². The van der Waals surface area contributed by atoms with Crippen molar-refractivity contribution in [2.24, 2.45) is 0 Å². The van der Waals surface area contributed by atoms with Crippen LogP contribution in [-0.2, 0) is 0 Å². The molecule has 2 heterocycles. The minimum Gasteiger partial charge on any atom is -0.494 e. The van der Waals surface area contributed by atoms with E-state index in [1.165, 1.54) is 13.2 Å². The number of nitrogens with zero attached hydrogens (tertiary/aromatic N) is 3. The largest absolute Gasteiger partial charge is 0.494 e. The fourth-order valence-corrected chi connectivity index (χ4v) is 3.08. The standard InChI is InChI=1S/C21H16F2N4O/c1-24-21-15-7-6-14(12-5-8-16(22)17(23)10-12)19(28-2)18(15)26-20(27-21)13-4-3-9-25-11-13/h3-11H,1-2H3,(H,24,26,27). The third-order valence-electron chi connectivity index (χ3n) is 4.41. The molecule has 0 aliphatic heterocycles. The molecule has 2 aromatic heterocycles. The highest BCUT2D eigenvalue weighted by Crippen LogP contribution is 2.39. The maximum absolute atomic E-state index is 13.8.